The Bertz CT molecular complexity index is 1000. The van der Waals surface area contributed by atoms with Crippen LogP contribution in [-0.2, 0) is 9.53 Å². The predicted octanol–water partition coefficient (Wildman–Crippen LogP) is 1.51. The molecular formula is C23H28N2O7S. The molecule has 0 radical (unpaired) electrons. The molecule has 5 atom stereocenters. The lowest BCUT2D eigenvalue weighted by molar-refractivity contribution is -0.271. The van der Waals surface area contributed by atoms with E-state index in [0.717, 1.165) is 40.7 Å². The van der Waals surface area contributed by atoms with Crippen molar-refractivity contribution in [2.24, 2.45) is 0 Å². The summed E-state index contributed by atoms with van der Waals surface area (Å²) in [6, 6.07) is 13.6. The highest BCUT2D eigenvalue weighted by molar-refractivity contribution is 7.99. The normalized spacial score (nSPS) is 26.6. The summed E-state index contributed by atoms with van der Waals surface area (Å²) in [5.41, 5.74) is 2.16. The van der Waals surface area contributed by atoms with Crippen molar-refractivity contribution in [3.63, 3.8) is 0 Å². The lowest BCUT2D eigenvalue weighted by Crippen LogP contribution is -2.61. The van der Waals surface area contributed by atoms with Crippen molar-refractivity contribution < 1.29 is 34.7 Å². The van der Waals surface area contributed by atoms with Gasteiger partial charge in [-0.25, -0.2) is 4.79 Å². The van der Waals surface area contributed by atoms with E-state index in [-0.39, 0.29) is 0 Å². The minimum absolute atomic E-state index is 0.352. The third kappa shape index (κ3) is 4.96. The Hall–Kier alpha value is -2.34. The van der Waals surface area contributed by atoms with Crippen LogP contribution in [0.5, 0.6) is 5.75 Å². The summed E-state index contributed by atoms with van der Waals surface area (Å²) >= 11 is 1.59. The van der Waals surface area contributed by atoms with Gasteiger partial charge >= 0.3 is 5.97 Å². The first kappa shape index (κ1) is 23.8. The largest absolute Gasteiger partial charge is 0.479 e. The van der Waals surface area contributed by atoms with E-state index in [0.29, 0.717) is 5.75 Å². The van der Waals surface area contributed by atoms with Crippen molar-refractivity contribution in [3.05, 3.63) is 42.5 Å². The Balaban J connectivity index is 1.57. The van der Waals surface area contributed by atoms with Gasteiger partial charge in [-0.15, -0.1) is 0 Å². The van der Waals surface area contributed by atoms with Crippen LogP contribution in [0.2, 0.25) is 0 Å². The number of benzene rings is 2. The number of aliphatic carboxylic acids is 1. The highest BCUT2D eigenvalue weighted by atomic mass is 32.2. The predicted molar refractivity (Wildman–Crippen MR) is 122 cm³/mol. The van der Waals surface area contributed by atoms with Gasteiger partial charge in [0.1, 0.15) is 24.1 Å². The molecule has 2 aromatic rings. The number of hydrogen-bond acceptors (Lipinski definition) is 9. The number of carbonyl (C=O) groups is 1. The van der Waals surface area contributed by atoms with E-state index in [2.05, 4.69) is 21.9 Å². The number of fused-ring (bicyclic) bond motifs is 2. The molecule has 0 unspecified atom stereocenters. The smallest absolute Gasteiger partial charge is 0.335 e. The molecule has 2 aromatic carbocycles. The first-order chi connectivity index (χ1) is 15.8. The number of hydrogen-bond donors (Lipinski definition) is 4. The van der Waals surface area contributed by atoms with E-state index >= 15 is 0 Å². The molecule has 4 rings (SSSR count). The molecule has 0 aromatic heterocycles. The molecule has 33 heavy (non-hydrogen) atoms. The van der Waals surface area contributed by atoms with E-state index in [4.69, 9.17) is 9.47 Å². The van der Waals surface area contributed by atoms with Crippen molar-refractivity contribution in [2.75, 3.05) is 32.1 Å². The zero-order chi connectivity index (χ0) is 23.7. The van der Waals surface area contributed by atoms with Crippen LogP contribution in [0, 0.1) is 0 Å². The topological polar surface area (TPSA) is 123 Å². The van der Waals surface area contributed by atoms with E-state index in [1.807, 2.05) is 32.3 Å². The summed E-state index contributed by atoms with van der Waals surface area (Å²) in [5, 5.41) is 39.4. The molecule has 0 saturated carbocycles. The Kier molecular flexibility index (Phi) is 7.13. The third-order valence-electron chi connectivity index (χ3n) is 5.65. The highest BCUT2D eigenvalue weighted by Crippen LogP contribution is 2.49. The fraction of sp³-hybridized carbons (Fsp3) is 0.435. The Morgan fingerprint density at radius 2 is 1.79 bits per heavy atom. The molecule has 1 fully saturated rings. The fourth-order valence-electron chi connectivity index (χ4n) is 3.96. The number of anilines is 2. The van der Waals surface area contributed by atoms with E-state index in [1.165, 1.54) is 0 Å². The van der Waals surface area contributed by atoms with Gasteiger partial charge in [0.2, 0.25) is 6.29 Å². The molecule has 9 nitrogen and oxygen atoms in total. The molecule has 178 valence electrons. The first-order valence-corrected chi connectivity index (χ1v) is 11.5. The van der Waals surface area contributed by atoms with E-state index < -0.39 is 36.7 Å². The lowest BCUT2D eigenvalue weighted by atomic mass is 9.99. The number of carboxylic acid groups (broad SMARTS) is 1. The number of aliphatic hydroxyl groups excluding tert-OH is 3. The van der Waals surface area contributed by atoms with E-state index in [1.54, 1.807) is 23.9 Å². The van der Waals surface area contributed by atoms with Crippen molar-refractivity contribution in [1.82, 2.24) is 4.90 Å². The quantitative estimate of drug-likeness (QED) is 0.468. The molecule has 0 aliphatic carbocycles. The maximum absolute atomic E-state index is 11.3. The second kappa shape index (κ2) is 9.88. The number of carboxylic acids is 1. The summed E-state index contributed by atoms with van der Waals surface area (Å²) in [6.45, 7) is 1.79. The zero-order valence-electron chi connectivity index (χ0n) is 18.4. The second-order valence-corrected chi connectivity index (χ2v) is 9.44. The zero-order valence-corrected chi connectivity index (χ0v) is 19.2. The van der Waals surface area contributed by atoms with Crippen LogP contribution in [0.25, 0.3) is 0 Å². The lowest BCUT2D eigenvalue weighted by Gasteiger charge is -2.38. The molecule has 0 spiro atoms. The van der Waals surface area contributed by atoms with Crippen LogP contribution in [0.3, 0.4) is 0 Å². The van der Waals surface area contributed by atoms with Crippen molar-refractivity contribution >= 4 is 29.1 Å². The highest BCUT2D eigenvalue weighted by Gasteiger charge is 2.48. The molecule has 1 saturated heterocycles. The summed E-state index contributed by atoms with van der Waals surface area (Å²) in [4.78, 5) is 17.8. The van der Waals surface area contributed by atoms with Gasteiger partial charge in [0.25, 0.3) is 0 Å². The number of para-hydroxylation sites is 1. The van der Waals surface area contributed by atoms with Crippen LogP contribution in [0.4, 0.5) is 11.4 Å². The number of nitrogens with zero attached hydrogens (tertiary/aromatic N) is 2. The number of ether oxygens (including phenoxy) is 2. The monoisotopic (exact) mass is 476 g/mol. The molecule has 4 N–H and O–H groups in total. The third-order valence-corrected chi connectivity index (χ3v) is 6.76. The van der Waals surface area contributed by atoms with Gasteiger partial charge in [-0.1, -0.05) is 23.9 Å². The van der Waals surface area contributed by atoms with Crippen LogP contribution >= 0.6 is 11.8 Å². The molecule has 10 heteroatoms. The van der Waals surface area contributed by atoms with E-state index in [9.17, 15) is 25.2 Å². The minimum Gasteiger partial charge on any atom is -0.479 e. The number of aliphatic hydroxyl groups is 3. The number of rotatable bonds is 7. The van der Waals surface area contributed by atoms with Gasteiger partial charge in [0, 0.05) is 16.3 Å². The SMILES string of the molecule is CN(C)CCCN1c2ccccc2Sc2cc(O[C@@H]3O[C@H](C(=O)O)[C@@H](O)[C@H](O)[C@H]3O)ccc21. The van der Waals surface area contributed by atoms with Gasteiger partial charge in [0.15, 0.2) is 6.10 Å². The van der Waals surface area contributed by atoms with Crippen LogP contribution in [-0.4, -0.2) is 89.2 Å². The molecule has 0 amide bonds. The van der Waals surface area contributed by atoms with Crippen molar-refractivity contribution in [1.29, 1.82) is 0 Å². The van der Waals surface area contributed by atoms with Gasteiger partial charge in [-0.2, -0.15) is 0 Å². The van der Waals surface area contributed by atoms with Crippen molar-refractivity contribution in [3.8, 4) is 5.75 Å². The summed E-state index contributed by atoms with van der Waals surface area (Å²) in [7, 11) is 4.09. The standard InChI is InChI=1S/C23H28N2O7S/c1-24(2)10-5-11-25-14-6-3-4-7-16(14)33-17-12-13(8-9-15(17)25)31-23-20(28)18(26)19(27)21(32-23)22(29)30/h3-4,6-9,12,18-21,23,26-28H,5,10-11H2,1-2H3,(H,29,30)/t18-,19-,20+,21-,23+/m0/s1. The molecule has 0 bridgehead atoms. The molecule has 2 aliphatic rings. The average Bonchev–Trinajstić information content (AvgIpc) is 2.78. The van der Waals surface area contributed by atoms with Crippen LogP contribution in [0.1, 0.15) is 6.42 Å². The molecule has 2 aliphatic heterocycles. The molecular weight excluding hydrogens is 448 g/mol. The first-order valence-electron chi connectivity index (χ1n) is 10.7. The Morgan fingerprint density at radius 3 is 2.52 bits per heavy atom. The average molecular weight is 477 g/mol. The fourth-order valence-corrected chi connectivity index (χ4v) is 5.08. The summed E-state index contributed by atoms with van der Waals surface area (Å²) in [5.74, 6) is -1.10. The van der Waals surface area contributed by atoms with Gasteiger partial charge in [-0.05, 0) is 57.4 Å². The summed E-state index contributed by atoms with van der Waals surface area (Å²) < 4.78 is 11.0. The maximum Gasteiger partial charge on any atom is 0.335 e. The summed E-state index contributed by atoms with van der Waals surface area (Å²) in [6.07, 6.45) is -7.26. The molecule has 2 heterocycles. The van der Waals surface area contributed by atoms with Gasteiger partial charge in [-0.3, -0.25) is 0 Å². The minimum atomic E-state index is -1.76. The Morgan fingerprint density at radius 1 is 1.06 bits per heavy atom. The second-order valence-electron chi connectivity index (χ2n) is 8.36. The van der Waals surface area contributed by atoms with Crippen LogP contribution < -0.4 is 9.64 Å². The Labute approximate surface area is 196 Å². The maximum atomic E-state index is 11.3. The van der Waals surface area contributed by atoms with Crippen molar-refractivity contribution in [2.45, 2.75) is 46.9 Å². The van der Waals surface area contributed by atoms with Gasteiger partial charge < -0.3 is 39.7 Å². The van der Waals surface area contributed by atoms with Gasteiger partial charge in [0.05, 0.1) is 11.4 Å². The van der Waals surface area contributed by atoms with Crippen LogP contribution in [0.15, 0.2) is 52.3 Å².